The molecule has 0 bridgehead atoms. The number of Topliss-reactive ketones (excluding diaryl/α,β-unsaturated/α-hetero) is 1. The van der Waals surface area contributed by atoms with Gasteiger partial charge in [0.1, 0.15) is 5.78 Å². The number of nitrogens with two attached hydrogens (primary N) is 1. The first-order valence-electron chi connectivity index (χ1n) is 5.92. The van der Waals surface area contributed by atoms with E-state index >= 15 is 0 Å². The van der Waals surface area contributed by atoms with E-state index in [0.717, 1.165) is 17.5 Å². The molecule has 2 heteroatoms. The maximum absolute atomic E-state index is 11.7. The van der Waals surface area contributed by atoms with E-state index in [1.165, 1.54) is 0 Å². The molecule has 0 heterocycles. The smallest absolute Gasteiger partial charge is 0.137 e. The summed E-state index contributed by atoms with van der Waals surface area (Å²) in [5.74, 6) is 0.906. The molecule has 0 amide bonds. The maximum atomic E-state index is 11.7. The molecule has 0 atom stereocenters. The third kappa shape index (κ3) is 4.15. The molecule has 0 aliphatic heterocycles. The molecule has 2 nitrogen and oxygen atoms in total. The zero-order valence-electron chi connectivity index (χ0n) is 10.2. The normalized spacial score (nSPS) is 10.8. The Balaban J connectivity index is 2.55. The summed E-state index contributed by atoms with van der Waals surface area (Å²) in [5.41, 5.74) is 7.80. The second kappa shape index (κ2) is 6.44. The Morgan fingerprint density at radius 1 is 1.25 bits per heavy atom. The predicted octanol–water partition coefficient (Wildman–Crippen LogP) is 2.69. The summed E-state index contributed by atoms with van der Waals surface area (Å²) in [6.45, 7) is 4.79. The number of carbonyl (C=O) groups is 1. The molecule has 88 valence electrons. The first-order chi connectivity index (χ1) is 7.63. The van der Waals surface area contributed by atoms with Gasteiger partial charge in [-0.05, 0) is 23.5 Å². The van der Waals surface area contributed by atoms with Gasteiger partial charge in [-0.15, -0.1) is 0 Å². The Bertz CT molecular complexity index is 344. The van der Waals surface area contributed by atoms with E-state index in [-0.39, 0.29) is 0 Å². The lowest BCUT2D eigenvalue weighted by molar-refractivity contribution is -0.118. The highest BCUT2D eigenvalue weighted by Gasteiger charge is 2.07. The topological polar surface area (TPSA) is 43.1 Å². The fourth-order valence-electron chi connectivity index (χ4n) is 1.68. The van der Waals surface area contributed by atoms with Gasteiger partial charge in [-0.25, -0.2) is 0 Å². The monoisotopic (exact) mass is 219 g/mol. The van der Waals surface area contributed by atoms with Crippen LogP contribution in [0.5, 0.6) is 0 Å². The number of hydrogen-bond donors (Lipinski definition) is 1. The largest absolute Gasteiger partial charge is 0.326 e. The minimum Gasteiger partial charge on any atom is -0.326 e. The summed E-state index contributed by atoms with van der Waals surface area (Å²) in [7, 11) is 0. The van der Waals surface area contributed by atoms with Crippen LogP contribution in [0.1, 0.15) is 37.8 Å². The number of ketones is 1. The Kier molecular flexibility index (Phi) is 5.20. The van der Waals surface area contributed by atoms with Crippen LogP contribution in [0.15, 0.2) is 24.3 Å². The van der Waals surface area contributed by atoms with Gasteiger partial charge in [-0.2, -0.15) is 0 Å². The molecule has 1 rings (SSSR count). The van der Waals surface area contributed by atoms with E-state index < -0.39 is 0 Å². The highest BCUT2D eigenvalue weighted by Crippen LogP contribution is 2.12. The molecule has 0 saturated carbocycles. The summed E-state index contributed by atoms with van der Waals surface area (Å²) >= 11 is 0. The molecule has 0 aliphatic rings. The van der Waals surface area contributed by atoms with Crippen LogP contribution in [0.4, 0.5) is 0 Å². The zero-order chi connectivity index (χ0) is 12.0. The third-order valence-electron chi connectivity index (χ3n) is 2.73. The van der Waals surface area contributed by atoms with Crippen LogP contribution in [0.25, 0.3) is 0 Å². The Morgan fingerprint density at radius 2 is 1.88 bits per heavy atom. The highest BCUT2D eigenvalue weighted by molar-refractivity contribution is 5.81. The van der Waals surface area contributed by atoms with Gasteiger partial charge < -0.3 is 5.73 Å². The Hall–Kier alpha value is -1.15. The van der Waals surface area contributed by atoms with Gasteiger partial charge in [-0.1, -0.05) is 38.1 Å². The molecule has 0 radical (unpaired) electrons. The molecule has 1 aromatic carbocycles. The second-order valence-electron chi connectivity index (χ2n) is 4.62. The van der Waals surface area contributed by atoms with Gasteiger partial charge in [-0.3, -0.25) is 4.79 Å². The van der Waals surface area contributed by atoms with Crippen molar-refractivity contribution < 1.29 is 4.79 Å². The summed E-state index contributed by atoms with van der Waals surface area (Å²) in [4.78, 5) is 11.7. The molecule has 0 fully saturated rings. The number of benzene rings is 1. The van der Waals surface area contributed by atoms with Crippen LogP contribution in [0.3, 0.4) is 0 Å². The second-order valence-corrected chi connectivity index (χ2v) is 4.62. The van der Waals surface area contributed by atoms with Crippen molar-refractivity contribution in [1.82, 2.24) is 0 Å². The van der Waals surface area contributed by atoms with E-state index in [9.17, 15) is 4.79 Å². The predicted molar refractivity (Wildman–Crippen MR) is 67.1 cm³/mol. The summed E-state index contributed by atoms with van der Waals surface area (Å²) in [5, 5.41) is 0. The average Bonchev–Trinajstić information content (AvgIpc) is 2.27. The minimum absolute atomic E-state index is 0.314. The summed E-state index contributed by atoms with van der Waals surface area (Å²) in [6.07, 6.45) is 2.18. The van der Waals surface area contributed by atoms with Crippen LogP contribution in [-0.4, -0.2) is 5.78 Å². The van der Waals surface area contributed by atoms with Crippen LogP contribution >= 0.6 is 0 Å². The van der Waals surface area contributed by atoms with Gasteiger partial charge in [0.05, 0.1) is 0 Å². The SMILES string of the molecule is CC(C)CCC(=O)Cc1ccccc1CN. The van der Waals surface area contributed by atoms with Crippen molar-refractivity contribution in [3.05, 3.63) is 35.4 Å². The summed E-state index contributed by atoms with van der Waals surface area (Å²) in [6, 6.07) is 7.91. The van der Waals surface area contributed by atoms with Gasteiger partial charge >= 0.3 is 0 Å². The van der Waals surface area contributed by atoms with Crippen LogP contribution < -0.4 is 5.73 Å². The zero-order valence-corrected chi connectivity index (χ0v) is 10.2. The van der Waals surface area contributed by atoms with Gasteiger partial charge in [0, 0.05) is 19.4 Å². The number of carbonyl (C=O) groups excluding carboxylic acids is 1. The van der Waals surface area contributed by atoms with Crippen LogP contribution in [0, 0.1) is 5.92 Å². The quantitative estimate of drug-likeness (QED) is 0.799. The highest BCUT2D eigenvalue weighted by atomic mass is 16.1. The fourth-order valence-corrected chi connectivity index (χ4v) is 1.68. The van der Waals surface area contributed by atoms with E-state index in [1.54, 1.807) is 0 Å². The van der Waals surface area contributed by atoms with Crippen molar-refractivity contribution >= 4 is 5.78 Å². The molecule has 1 aromatic rings. The number of rotatable bonds is 6. The van der Waals surface area contributed by atoms with Crippen molar-refractivity contribution in [3.8, 4) is 0 Å². The van der Waals surface area contributed by atoms with Crippen molar-refractivity contribution in [1.29, 1.82) is 0 Å². The first-order valence-corrected chi connectivity index (χ1v) is 5.92. The lowest BCUT2D eigenvalue weighted by atomic mass is 9.98. The van der Waals surface area contributed by atoms with Gasteiger partial charge in [0.25, 0.3) is 0 Å². The molecule has 0 spiro atoms. The van der Waals surface area contributed by atoms with Crippen molar-refractivity contribution in [3.63, 3.8) is 0 Å². The minimum atomic E-state index is 0.314. The van der Waals surface area contributed by atoms with Crippen LogP contribution in [-0.2, 0) is 17.8 Å². The fraction of sp³-hybridized carbons (Fsp3) is 0.500. The summed E-state index contributed by atoms with van der Waals surface area (Å²) < 4.78 is 0. The van der Waals surface area contributed by atoms with E-state index in [0.29, 0.717) is 31.1 Å². The molecule has 2 N–H and O–H groups in total. The molecule has 16 heavy (non-hydrogen) atoms. The number of hydrogen-bond acceptors (Lipinski definition) is 2. The third-order valence-corrected chi connectivity index (χ3v) is 2.73. The van der Waals surface area contributed by atoms with Crippen LogP contribution in [0.2, 0.25) is 0 Å². The van der Waals surface area contributed by atoms with Crippen molar-refractivity contribution in [2.75, 3.05) is 0 Å². The molecule has 0 saturated heterocycles. The van der Waals surface area contributed by atoms with E-state index in [1.807, 2.05) is 24.3 Å². The van der Waals surface area contributed by atoms with Crippen molar-refractivity contribution in [2.45, 2.75) is 39.7 Å². The molecule has 0 aromatic heterocycles. The Labute approximate surface area is 97.9 Å². The van der Waals surface area contributed by atoms with E-state index in [4.69, 9.17) is 5.73 Å². The maximum Gasteiger partial charge on any atom is 0.137 e. The molecule has 0 unspecified atom stereocenters. The van der Waals surface area contributed by atoms with E-state index in [2.05, 4.69) is 13.8 Å². The lowest BCUT2D eigenvalue weighted by Gasteiger charge is -2.07. The van der Waals surface area contributed by atoms with Gasteiger partial charge in [0.15, 0.2) is 0 Å². The molecular formula is C14H21NO. The van der Waals surface area contributed by atoms with Crippen molar-refractivity contribution in [2.24, 2.45) is 11.7 Å². The average molecular weight is 219 g/mol. The standard InChI is InChI=1S/C14H21NO/c1-11(2)7-8-14(16)9-12-5-3-4-6-13(12)10-15/h3-6,11H,7-10,15H2,1-2H3. The lowest BCUT2D eigenvalue weighted by Crippen LogP contribution is -2.08. The molecule has 0 aliphatic carbocycles. The van der Waals surface area contributed by atoms with Gasteiger partial charge in [0.2, 0.25) is 0 Å². The molecular weight excluding hydrogens is 198 g/mol. The first kappa shape index (κ1) is 12.9. The Morgan fingerprint density at radius 3 is 2.44 bits per heavy atom.